The average molecular weight is 280 g/mol. The lowest BCUT2D eigenvalue weighted by molar-refractivity contribution is 0.161. The highest BCUT2D eigenvalue weighted by molar-refractivity contribution is 9.09. The maximum atomic E-state index is 3.87. The number of nitrogens with zero attached hydrogens (tertiary/aromatic N) is 1. The van der Waals surface area contributed by atoms with Gasteiger partial charge in [-0.2, -0.15) is 0 Å². The molecule has 16 heavy (non-hydrogen) atoms. The zero-order chi connectivity index (χ0) is 11.1. The van der Waals surface area contributed by atoms with E-state index in [9.17, 15) is 0 Å². The maximum Gasteiger partial charge on any atom is 0.0342 e. The SMILES string of the molecule is CC(c1ccccc1)N1CC2CCC1C2Br. The Kier molecular flexibility index (Phi) is 2.80. The van der Waals surface area contributed by atoms with E-state index in [-0.39, 0.29) is 0 Å². The lowest BCUT2D eigenvalue weighted by atomic mass is 10.0. The van der Waals surface area contributed by atoms with Gasteiger partial charge in [0.15, 0.2) is 0 Å². The Morgan fingerprint density at radius 2 is 2.00 bits per heavy atom. The number of halogens is 1. The zero-order valence-corrected chi connectivity index (χ0v) is 11.2. The Bertz CT molecular complexity index is 364. The van der Waals surface area contributed by atoms with Crippen molar-refractivity contribution in [3.63, 3.8) is 0 Å². The van der Waals surface area contributed by atoms with E-state index in [4.69, 9.17) is 0 Å². The number of likely N-dealkylation sites (tertiary alicyclic amines) is 1. The van der Waals surface area contributed by atoms with Gasteiger partial charge in [0.2, 0.25) is 0 Å². The minimum Gasteiger partial charge on any atom is -0.292 e. The van der Waals surface area contributed by atoms with Crippen LogP contribution in [0.5, 0.6) is 0 Å². The fourth-order valence-corrected chi connectivity index (χ4v) is 4.33. The Morgan fingerprint density at radius 1 is 1.25 bits per heavy atom. The van der Waals surface area contributed by atoms with Crippen molar-refractivity contribution in [2.45, 2.75) is 36.7 Å². The second-order valence-corrected chi connectivity index (χ2v) is 6.19. The number of hydrogen-bond donors (Lipinski definition) is 0. The molecular weight excluding hydrogens is 262 g/mol. The average Bonchev–Trinajstić information content (AvgIpc) is 2.85. The van der Waals surface area contributed by atoms with Crippen molar-refractivity contribution in [1.82, 2.24) is 4.90 Å². The van der Waals surface area contributed by atoms with Gasteiger partial charge in [0.1, 0.15) is 0 Å². The van der Waals surface area contributed by atoms with Crippen molar-refractivity contribution in [3.8, 4) is 0 Å². The van der Waals surface area contributed by atoms with Crippen LogP contribution < -0.4 is 0 Å². The molecule has 2 bridgehead atoms. The Hall–Kier alpha value is -0.340. The molecule has 1 aromatic carbocycles. The van der Waals surface area contributed by atoms with E-state index < -0.39 is 0 Å². The first-order valence-electron chi connectivity index (χ1n) is 6.22. The highest BCUT2D eigenvalue weighted by Gasteiger charge is 2.46. The minimum atomic E-state index is 0.566. The van der Waals surface area contributed by atoms with Crippen LogP contribution in [-0.2, 0) is 0 Å². The molecule has 2 fully saturated rings. The molecule has 2 aliphatic rings. The van der Waals surface area contributed by atoms with Crippen LogP contribution in [-0.4, -0.2) is 22.3 Å². The third kappa shape index (κ3) is 1.63. The number of hydrogen-bond acceptors (Lipinski definition) is 1. The number of alkyl halides is 1. The van der Waals surface area contributed by atoms with Crippen LogP contribution in [0.2, 0.25) is 0 Å². The monoisotopic (exact) mass is 279 g/mol. The molecule has 1 aromatic rings. The molecule has 1 heterocycles. The third-order valence-electron chi connectivity index (χ3n) is 4.30. The summed E-state index contributed by atoms with van der Waals surface area (Å²) in [5, 5.41) is 0. The highest BCUT2D eigenvalue weighted by atomic mass is 79.9. The number of rotatable bonds is 2. The lowest BCUT2D eigenvalue weighted by Gasteiger charge is -2.33. The first kappa shape index (κ1) is 10.8. The fraction of sp³-hybridized carbons (Fsp3) is 0.571. The summed E-state index contributed by atoms with van der Waals surface area (Å²) in [5.74, 6) is 0.885. The third-order valence-corrected chi connectivity index (χ3v) is 5.66. The van der Waals surface area contributed by atoms with E-state index in [0.717, 1.165) is 16.8 Å². The van der Waals surface area contributed by atoms with Crippen LogP contribution >= 0.6 is 15.9 Å². The summed E-state index contributed by atoms with van der Waals surface area (Å²) in [4.78, 5) is 3.42. The minimum absolute atomic E-state index is 0.566. The van der Waals surface area contributed by atoms with E-state index in [0.29, 0.717) is 6.04 Å². The summed E-state index contributed by atoms with van der Waals surface area (Å²) in [6.45, 7) is 3.62. The molecule has 0 N–H and O–H groups in total. The second-order valence-electron chi connectivity index (χ2n) is 5.13. The number of piperidine rings is 1. The summed E-state index contributed by atoms with van der Waals surface area (Å²) in [7, 11) is 0. The molecule has 4 atom stereocenters. The van der Waals surface area contributed by atoms with E-state index in [1.54, 1.807) is 0 Å². The van der Waals surface area contributed by atoms with Crippen LogP contribution in [0, 0.1) is 5.92 Å². The molecule has 1 aliphatic heterocycles. The molecule has 0 spiro atoms. The molecule has 0 radical (unpaired) electrons. The molecule has 86 valence electrons. The summed E-state index contributed by atoms with van der Waals surface area (Å²) >= 11 is 3.87. The van der Waals surface area contributed by atoms with Gasteiger partial charge in [-0.3, -0.25) is 4.90 Å². The fourth-order valence-electron chi connectivity index (χ4n) is 3.33. The van der Waals surface area contributed by atoms with Gasteiger partial charge in [0, 0.05) is 23.5 Å². The van der Waals surface area contributed by atoms with Gasteiger partial charge in [-0.1, -0.05) is 46.3 Å². The lowest BCUT2D eigenvalue weighted by Crippen LogP contribution is -2.35. The van der Waals surface area contributed by atoms with E-state index in [2.05, 4.69) is 58.1 Å². The van der Waals surface area contributed by atoms with Crippen LogP contribution in [0.15, 0.2) is 30.3 Å². The van der Waals surface area contributed by atoms with Crippen LogP contribution in [0.1, 0.15) is 31.4 Å². The van der Waals surface area contributed by atoms with Gasteiger partial charge < -0.3 is 0 Å². The van der Waals surface area contributed by atoms with Crippen LogP contribution in [0.25, 0.3) is 0 Å². The van der Waals surface area contributed by atoms with Crippen molar-refractivity contribution >= 4 is 15.9 Å². The van der Waals surface area contributed by atoms with Gasteiger partial charge in [-0.25, -0.2) is 0 Å². The predicted molar refractivity (Wildman–Crippen MR) is 70.8 cm³/mol. The molecule has 1 nitrogen and oxygen atoms in total. The summed E-state index contributed by atoms with van der Waals surface area (Å²) in [6.07, 6.45) is 2.79. The normalized spacial score (nSPS) is 35.5. The van der Waals surface area contributed by atoms with Crippen LogP contribution in [0.4, 0.5) is 0 Å². The predicted octanol–water partition coefficient (Wildman–Crippen LogP) is 3.61. The second kappa shape index (κ2) is 4.15. The van der Waals surface area contributed by atoms with Crippen molar-refractivity contribution in [3.05, 3.63) is 35.9 Å². The molecule has 3 rings (SSSR count). The quantitative estimate of drug-likeness (QED) is 0.748. The van der Waals surface area contributed by atoms with Crippen molar-refractivity contribution in [2.75, 3.05) is 6.54 Å². The van der Waals surface area contributed by atoms with Crippen molar-refractivity contribution in [2.24, 2.45) is 5.92 Å². The molecule has 0 amide bonds. The number of benzene rings is 1. The van der Waals surface area contributed by atoms with E-state index in [1.807, 2.05) is 0 Å². The number of fused-ring (bicyclic) bond motifs is 2. The largest absolute Gasteiger partial charge is 0.292 e. The summed E-state index contributed by atoms with van der Waals surface area (Å²) in [5.41, 5.74) is 1.45. The van der Waals surface area contributed by atoms with Crippen molar-refractivity contribution in [1.29, 1.82) is 0 Å². The van der Waals surface area contributed by atoms with E-state index >= 15 is 0 Å². The first-order valence-corrected chi connectivity index (χ1v) is 7.13. The van der Waals surface area contributed by atoms with Gasteiger partial charge in [0.25, 0.3) is 0 Å². The highest BCUT2D eigenvalue weighted by Crippen LogP contribution is 2.45. The van der Waals surface area contributed by atoms with E-state index in [1.165, 1.54) is 24.9 Å². The summed E-state index contributed by atoms with van der Waals surface area (Å²) in [6, 6.07) is 12.2. The Balaban J connectivity index is 1.80. The Morgan fingerprint density at radius 3 is 2.56 bits per heavy atom. The molecule has 2 heteroatoms. The van der Waals surface area contributed by atoms with Crippen LogP contribution in [0.3, 0.4) is 0 Å². The standard InChI is InChI=1S/C14H18BrN/c1-10(11-5-3-2-4-6-11)16-9-12-7-8-13(16)14(12)15/h2-6,10,12-14H,7-9H2,1H3. The van der Waals surface area contributed by atoms with Gasteiger partial charge in [-0.15, -0.1) is 0 Å². The molecule has 0 aromatic heterocycles. The molecular formula is C14H18BrN. The molecule has 4 unspecified atom stereocenters. The Labute approximate surface area is 106 Å². The smallest absolute Gasteiger partial charge is 0.0342 e. The topological polar surface area (TPSA) is 3.24 Å². The van der Waals surface area contributed by atoms with Gasteiger partial charge in [0.05, 0.1) is 0 Å². The first-order chi connectivity index (χ1) is 7.77. The maximum absolute atomic E-state index is 3.87. The van der Waals surface area contributed by atoms with Crippen molar-refractivity contribution < 1.29 is 0 Å². The molecule has 1 aliphatic carbocycles. The molecule has 1 saturated heterocycles. The van der Waals surface area contributed by atoms with Gasteiger partial charge in [-0.05, 0) is 31.2 Å². The zero-order valence-electron chi connectivity index (χ0n) is 9.64. The van der Waals surface area contributed by atoms with Gasteiger partial charge >= 0.3 is 0 Å². The summed E-state index contributed by atoms with van der Waals surface area (Å²) < 4.78 is 0. The molecule has 1 saturated carbocycles.